The highest BCUT2D eigenvalue weighted by molar-refractivity contribution is 6.67. The Morgan fingerprint density at radius 3 is 2.10 bits per heavy atom. The predicted octanol–water partition coefficient (Wildman–Crippen LogP) is 2.35. The summed E-state index contributed by atoms with van der Waals surface area (Å²) >= 11 is 0. The number of ether oxygens (including phenoxy) is 1. The second kappa shape index (κ2) is 5.75. The third-order valence-corrected chi connectivity index (χ3v) is 3.01. The van der Waals surface area contributed by atoms with E-state index in [1.165, 1.54) is 7.11 Å². The van der Waals surface area contributed by atoms with E-state index in [0.717, 1.165) is 20.3 Å². The monoisotopic (exact) mass is 299 g/mol. The van der Waals surface area contributed by atoms with Crippen molar-refractivity contribution < 1.29 is 26.7 Å². The molecule has 0 aromatic heterocycles. The minimum Gasteiger partial charge on any atom is -0.494 e. The molecule has 2 rings (SSSR count). The minimum atomic E-state index is -1.18. The van der Waals surface area contributed by atoms with E-state index in [-0.39, 0.29) is 11.2 Å². The van der Waals surface area contributed by atoms with Crippen LogP contribution in [0.3, 0.4) is 0 Å². The lowest BCUT2D eigenvalue weighted by Gasteiger charge is -2.10. The van der Waals surface area contributed by atoms with Gasteiger partial charge < -0.3 is 4.74 Å². The zero-order chi connectivity index (χ0) is 15.7. The van der Waals surface area contributed by atoms with Gasteiger partial charge in [0.2, 0.25) is 7.28 Å². The molecule has 7 heteroatoms. The predicted molar refractivity (Wildman–Crippen MR) is 69.0 cm³/mol. The van der Waals surface area contributed by atoms with Crippen molar-refractivity contribution in [3.8, 4) is 5.75 Å². The fourth-order valence-electron chi connectivity index (χ4n) is 1.81. The molecule has 0 spiro atoms. The molecular formula is C14H9BF5O. The fourth-order valence-corrected chi connectivity index (χ4v) is 1.81. The molecule has 0 bridgehead atoms. The van der Waals surface area contributed by atoms with Crippen LogP contribution >= 0.6 is 0 Å². The van der Waals surface area contributed by atoms with Gasteiger partial charge in [0.1, 0.15) is 23.3 Å². The van der Waals surface area contributed by atoms with Crippen LogP contribution in [-0.4, -0.2) is 14.4 Å². The van der Waals surface area contributed by atoms with Gasteiger partial charge in [-0.3, -0.25) is 0 Å². The molecule has 109 valence electrons. The maximum absolute atomic E-state index is 13.9. The molecule has 0 atom stereocenters. The summed E-state index contributed by atoms with van der Waals surface area (Å²) in [4.78, 5) is 0. The highest BCUT2D eigenvalue weighted by Gasteiger charge is 2.20. The number of halogens is 5. The van der Waals surface area contributed by atoms with Crippen molar-refractivity contribution in [3.63, 3.8) is 0 Å². The number of methoxy groups -OCH3 is 1. The molecule has 21 heavy (non-hydrogen) atoms. The summed E-state index contributed by atoms with van der Waals surface area (Å²) in [7, 11) is 2.00. The quantitative estimate of drug-likeness (QED) is 0.624. The Bertz CT molecular complexity index is 702. The normalized spacial score (nSPS) is 10.6. The molecule has 0 amide bonds. The maximum atomic E-state index is 13.9. The van der Waals surface area contributed by atoms with E-state index in [1.54, 1.807) is 0 Å². The van der Waals surface area contributed by atoms with Gasteiger partial charge in [0.05, 0.1) is 7.11 Å². The molecule has 0 aliphatic carbocycles. The SMILES string of the molecule is COc1cc([B]c2c(F)cc(F)c(C)c2F)c(F)cc1F. The summed E-state index contributed by atoms with van der Waals surface area (Å²) in [6.07, 6.45) is 0. The smallest absolute Gasteiger partial charge is 0.203 e. The first-order valence-corrected chi connectivity index (χ1v) is 5.87. The summed E-state index contributed by atoms with van der Waals surface area (Å²) in [5, 5.41) is 0. The van der Waals surface area contributed by atoms with Crippen LogP contribution in [0.15, 0.2) is 18.2 Å². The molecule has 0 aliphatic rings. The first-order chi connectivity index (χ1) is 9.85. The average Bonchev–Trinajstić information content (AvgIpc) is 2.43. The van der Waals surface area contributed by atoms with E-state index in [4.69, 9.17) is 0 Å². The van der Waals surface area contributed by atoms with Crippen molar-refractivity contribution >= 4 is 18.2 Å². The molecule has 0 saturated carbocycles. The Kier molecular flexibility index (Phi) is 4.20. The summed E-state index contributed by atoms with van der Waals surface area (Å²) in [5.41, 5.74) is -1.28. The van der Waals surface area contributed by atoms with Crippen molar-refractivity contribution in [1.82, 2.24) is 0 Å². The molecule has 2 aromatic rings. The second-order valence-electron chi connectivity index (χ2n) is 4.35. The summed E-state index contributed by atoms with van der Waals surface area (Å²) in [5.74, 6) is -5.60. The van der Waals surface area contributed by atoms with Crippen molar-refractivity contribution in [2.75, 3.05) is 7.11 Å². The van der Waals surface area contributed by atoms with Crippen LogP contribution in [0.1, 0.15) is 5.56 Å². The maximum Gasteiger partial charge on any atom is 0.203 e. The van der Waals surface area contributed by atoms with Gasteiger partial charge in [-0.15, -0.1) is 0 Å². The van der Waals surface area contributed by atoms with E-state index < -0.39 is 40.1 Å². The van der Waals surface area contributed by atoms with Crippen LogP contribution in [0.4, 0.5) is 22.0 Å². The molecule has 0 unspecified atom stereocenters. The standard InChI is InChI=1S/C14H9BF5O/c1-6-8(16)4-11(19)13(14(6)20)15-7-3-12(21-2)10(18)5-9(7)17/h3-5H,1-2H3. The van der Waals surface area contributed by atoms with Gasteiger partial charge in [-0.1, -0.05) is 0 Å². The third-order valence-electron chi connectivity index (χ3n) is 3.01. The molecule has 1 radical (unpaired) electrons. The average molecular weight is 299 g/mol. The topological polar surface area (TPSA) is 9.23 Å². The van der Waals surface area contributed by atoms with Gasteiger partial charge in [-0.2, -0.15) is 0 Å². The third kappa shape index (κ3) is 2.86. The summed E-state index contributed by atoms with van der Waals surface area (Å²) < 4.78 is 72.3. The molecule has 0 fully saturated rings. The van der Waals surface area contributed by atoms with E-state index >= 15 is 0 Å². The van der Waals surface area contributed by atoms with E-state index in [0.29, 0.717) is 12.1 Å². The van der Waals surface area contributed by atoms with Crippen LogP contribution in [-0.2, 0) is 0 Å². The molecule has 0 aliphatic heterocycles. The number of hydrogen-bond donors (Lipinski definition) is 0. The Balaban J connectivity index is 2.51. The zero-order valence-corrected chi connectivity index (χ0v) is 11.1. The first kappa shape index (κ1) is 15.3. The number of rotatable bonds is 3. The lowest BCUT2D eigenvalue weighted by Crippen LogP contribution is -2.35. The lowest BCUT2D eigenvalue weighted by atomic mass is 9.63. The van der Waals surface area contributed by atoms with Crippen molar-refractivity contribution in [3.05, 3.63) is 52.8 Å². The molecule has 0 heterocycles. The van der Waals surface area contributed by atoms with Crippen molar-refractivity contribution in [1.29, 1.82) is 0 Å². The highest BCUT2D eigenvalue weighted by atomic mass is 19.2. The Hall–Kier alpha value is -2.05. The van der Waals surface area contributed by atoms with Gasteiger partial charge >= 0.3 is 0 Å². The fraction of sp³-hybridized carbons (Fsp3) is 0.143. The largest absolute Gasteiger partial charge is 0.494 e. The van der Waals surface area contributed by atoms with Crippen LogP contribution in [0, 0.1) is 36.0 Å². The van der Waals surface area contributed by atoms with Gasteiger partial charge in [0, 0.05) is 17.7 Å². The van der Waals surface area contributed by atoms with Crippen LogP contribution in [0.5, 0.6) is 5.75 Å². The van der Waals surface area contributed by atoms with Gasteiger partial charge in [0.15, 0.2) is 11.6 Å². The van der Waals surface area contributed by atoms with Crippen LogP contribution < -0.4 is 15.7 Å². The molecule has 0 N–H and O–H groups in total. The van der Waals surface area contributed by atoms with Crippen LogP contribution in [0.25, 0.3) is 0 Å². The van der Waals surface area contributed by atoms with Crippen LogP contribution in [0.2, 0.25) is 0 Å². The highest BCUT2D eigenvalue weighted by Crippen LogP contribution is 2.16. The summed E-state index contributed by atoms with van der Waals surface area (Å²) in [6.45, 7) is 1.13. The Morgan fingerprint density at radius 1 is 0.857 bits per heavy atom. The van der Waals surface area contributed by atoms with Crippen molar-refractivity contribution in [2.45, 2.75) is 6.92 Å². The Labute approximate surface area is 118 Å². The summed E-state index contributed by atoms with van der Waals surface area (Å²) in [6, 6.07) is 2.00. The van der Waals surface area contributed by atoms with Gasteiger partial charge in [0.25, 0.3) is 0 Å². The van der Waals surface area contributed by atoms with E-state index in [2.05, 4.69) is 4.74 Å². The molecule has 1 nitrogen and oxygen atoms in total. The second-order valence-corrected chi connectivity index (χ2v) is 4.35. The first-order valence-electron chi connectivity index (χ1n) is 5.87. The van der Waals surface area contributed by atoms with E-state index in [9.17, 15) is 22.0 Å². The minimum absolute atomic E-state index is 0.276. The number of benzene rings is 2. The van der Waals surface area contributed by atoms with Crippen molar-refractivity contribution in [2.24, 2.45) is 0 Å². The molecule has 2 aromatic carbocycles. The van der Waals surface area contributed by atoms with E-state index in [1.807, 2.05) is 0 Å². The molecule has 0 saturated heterocycles. The lowest BCUT2D eigenvalue weighted by molar-refractivity contribution is 0.385. The number of hydrogen-bond acceptors (Lipinski definition) is 1. The van der Waals surface area contributed by atoms with Gasteiger partial charge in [-0.05, 0) is 23.9 Å². The Morgan fingerprint density at radius 2 is 1.48 bits per heavy atom. The molecular weight excluding hydrogens is 290 g/mol. The van der Waals surface area contributed by atoms with Gasteiger partial charge in [-0.25, -0.2) is 22.0 Å². The zero-order valence-electron chi connectivity index (χ0n) is 11.1.